The standard InChI is InChI=1S/C28H31N2O/c1-16-10-11-22-23-14-21(29-8)12-17(2)26(23)31-27(22)25(16)24-13-20(15-28(5,6)7)18(3)19(4)30(24)9/h10-14H,15H2,1-7,9H3/q+1/i3D3,13D,15D2. The second-order valence-corrected chi connectivity index (χ2v) is 9.23. The van der Waals surface area contributed by atoms with Gasteiger partial charge in [0.2, 0.25) is 5.69 Å². The van der Waals surface area contributed by atoms with Crippen molar-refractivity contribution in [1.82, 2.24) is 0 Å². The molecular weight excluding hydrogens is 380 g/mol. The lowest BCUT2D eigenvalue weighted by Gasteiger charge is -2.20. The van der Waals surface area contributed by atoms with E-state index < -0.39 is 18.6 Å². The third kappa shape index (κ3) is 3.51. The molecule has 0 bridgehead atoms. The largest absolute Gasteiger partial charge is 0.455 e. The minimum Gasteiger partial charge on any atom is -0.455 e. The molecule has 2 heterocycles. The van der Waals surface area contributed by atoms with E-state index in [1.165, 1.54) is 0 Å². The van der Waals surface area contributed by atoms with Gasteiger partial charge in [0.05, 0.1) is 13.5 Å². The molecule has 0 aliphatic carbocycles. The van der Waals surface area contributed by atoms with Crippen LogP contribution in [0.2, 0.25) is 0 Å². The van der Waals surface area contributed by atoms with Crippen molar-refractivity contribution in [3.05, 3.63) is 69.7 Å². The fraction of sp³-hybridized carbons (Fsp3) is 0.357. The van der Waals surface area contributed by atoms with Crippen LogP contribution in [0.25, 0.3) is 38.0 Å². The Morgan fingerprint density at radius 2 is 1.87 bits per heavy atom. The Balaban J connectivity index is 2.25. The maximum atomic E-state index is 9.30. The highest BCUT2D eigenvalue weighted by Gasteiger charge is 2.26. The van der Waals surface area contributed by atoms with Crippen LogP contribution in [0, 0.1) is 39.6 Å². The van der Waals surface area contributed by atoms with Gasteiger partial charge in [-0.1, -0.05) is 32.9 Å². The monoisotopic (exact) mass is 417 g/mol. The number of aromatic nitrogens is 1. The van der Waals surface area contributed by atoms with Crippen molar-refractivity contribution in [3.63, 3.8) is 0 Å². The van der Waals surface area contributed by atoms with Gasteiger partial charge in [0.15, 0.2) is 11.4 Å². The number of aryl methyl sites for hydroxylation is 2. The smallest absolute Gasteiger partial charge is 0.216 e. The third-order valence-electron chi connectivity index (χ3n) is 5.68. The predicted octanol–water partition coefficient (Wildman–Crippen LogP) is 7.45. The summed E-state index contributed by atoms with van der Waals surface area (Å²) in [4.78, 5) is 3.58. The molecule has 0 spiro atoms. The molecule has 0 amide bonds. The molecule has 3 nitrogen and oxygen atoms in total. The molecular formula is C28H31N2O+. The van der Waals surface area contributed by atoms with Gasteiger partial charge in [-0.15, -0.1) is 0 Å². The Morgan fingerprint density at radius 1 is 1.13 bits per heavy atom. The lowest BCUT2D eigenvalue weighted by Crippen LogP contribution is -2.36. The van der Waals surface area contributed by atoms with Crippen LogP contribution >= 0.6 is 0 Å². The number of furan rings is 1. The second-order valence-electron chi connectivity index (χ2n) is 9.23. The van der Waals surface area contributed by atoms with Gasteiger partial charge in [0.1, 0.15) is 18.2 Å². The number of benzene rings is 2. The molecule has 2 aromatic heterocycles. The van der Waals surface area contributed by atoms with Crippen molar-refractivity contribution in [1.29, 1.82) is 0 Å². The zero-order chi connectivity index (χ0) is 27.8. The van der Waals surface area contributed by atoms with Crippen LogP contribution in [-0.2, 0) is 13.4 Å². The Kier molecular flexibility index (Phi) is 3.46. The molecule has 0 aliphatic rings. The molecule has 0 saturated heterocycles. The number of hydrogen-bond acceptors (Lipinski definition) is 1. The van der Waals surface area contributed by atoms with E-state index in [2.05, 4.69) is 4.85 Å². The first kappa shape index (κ1) is 14.8. The van der Waals surface area contributed by atoms with Crippen LogP contribution in [0.5, 0.6) is 0 Å². The number of rotatable bonds is 2. The summed E-state index contributed by atoms with van der Waals surface area (Å²) in [5.74, 6) is 0. The summed E-state index contributed by atoms with van der Waals surface area (Å²) in [5.41, 5.74) is 3.43. The van der Waals surface area contributed by atoms with Crippen molar-refractivity contribution >= 4 is 27.6 Å². The number of pyridine rings is 1. The topological polar surface area (TPSA) is 21.4 Å². The van der Waals surface area contributed by atoms with Crippen LogP contribution in [0.15, 0.2) is 34.7 Å². The fourth-order valence-electron chi connectivity index (χ4n) is 4.03. The predicted molar refractivity (Wildman–Crippen MR) is 129 cm³/mol. The van der Waals surface area contributed by atoms with Gasteiger partial charge < -0.3 is 4.42 Å². The van der Waals surface area contributed by atoms with E-state index in [9.17, 15) is 1.37 Å². The fourth-order valence-corrected chi connectivity index (χ4v) is 4.03. The summed E-state index contributed by atoms with van der Waals surface area (Å²) in [6.45, 7) is 15.4. The number of hydrogen-bond donors (Lipinski definition) is 0. The van der Waals surface area contributed by atoms with E-state index in [1.807, 2.05) is 26.0 Å². The van der Waals surface area contributed by atoms with Crippen molar-refractivity contribution in [3.8, 4) is 11.3 Å². The van der Waals surface area contributed by atoms with Crippen LogP contribution in [0.1, 0.15) is 56.9 Å². The molecule has 0 unspecified atom stereocenters. The molecule has 4 rings (SSSR count). The van der Waals surface area contributed by atoms with E-state index in [4.69, 9.17) is 17.8 Å². The summed E-state index contributed by atoms with van der Waals surface area (Å²) in [5, 5.41) is 1.57. The Hall–Kier alpha value is -3.12. The molecule has 0 aliphatic heterocycles. The molecule has 0 atom stereocenters. The molecule has 0 fully saturated rings. The molecule has 31 heavy (non-hydrogen) atoms. The number of fused-ring (bicyclic) bond motifs is 3. The minimum absolute atomic E-state index is 0.121. The lowest BCUT2D eigenvalue weighted by molar-refractivity contribution is -0.667. The van der Waals surface area contributed by atoms with E-state index >= 15 is 0 Å². The minimum atomic E-state index is -2.61. The molecule has 0 saturated carbocycles. The molecule has 2 aromatic carbocycles. The van der Waals surface area contributed by atoms with Gasteiger partial charge in [0.25, 0.3) is 0 Å². The van der Waals surface area contributed by atoms with Crippen molar-refractivity contribution in [2.45, 2.75) is 54.8 Å². The average Bonchev–Trinajstić information content (AvgIpc) is 3.14. The molecule has 4 aromatic rings. The highest BCUT2D eigenvalue weighted by atomic mass is 16.3. The van der Waals surface area contributed by atoms with Crippen molar-refractivity contribution in [2.75, 3.05) is 0 Å². The Morgan fingerprint density at radius 3 is 2.52 bits per heavy atom. The first-order valence-corrected chi connectivity index (χ1v) is 10.3. The molecule has 158 valence electrons. The molecule has 0 N–H and O–H groups in total. The normalized spacial score (nSPS) is 15.7. The second kappa shape index (κ2) is 7.24. The van der Waals surface area contributed by atoms with Gasteiger partial charge in [-0.3, -0.25) is 0 Å². The highest BCUT2D eigenvalue weighted by Crippen LogP contribution is 2.40. The summed E-state index contributed by atoms with van der Waals surface area (Å²) in [6, 6.07) is 7.22. The summed E-state index contributed by atoms with van der Waals surface area (Å²) >= 11 is 0. The van der Waals surface area contributed by atoms with Gasteiger partial charge in [-0.25, -0.2) is 4.85 Å². The SMILES string of the molecule is [2H]c1c(C([2H])([2H])C(C)(C)C)c(C([2H])([2H])[2H])c(C)[n+](C)c1-c1c(C)ccc2c1oc1c(C)cc([N+]#[C-])cc12. The average molecular weight is 418 g/mol. The van der Waals surface area contributed by atoms with Crippen LogP contribution in [0.3, 0.4) is 0 Å². The van der Waals surface area contributed by atoms with Gasteiger partial charge in [-0.05, 0) is 61.3 Å². The maximum absolute atomic E-state index is 9.30. The molecule has 0 radical (unpaired) electrons. The lowest BCUT2D eigenvalue weighted by atomic mass is 9.85. The summed E-state index contributed by atoms with van der Waals surface area (Å²) in [6.07, 6.45) is -2.11. The Bertz CT molecular complexity index is 1630. The highest BCUT2D eigenvalue weighted by molar-refractivity contribution is 6.11. The van der Waals surface area contributed by atoms with E-state index in [0.29, 0.717) is 33.8 Å². The first-order valence-electron chi connectivity index (χ1n) is 13.3. The van der Waals surface area contributed by atoms with Gasteiger partial charge >= 0.3 is 0 Å². The zero-order valence-electron chi connectivity index (χ0n) is 25.1. The van der Waals surface area contributed by atoms with Crippen molar-refractivity contribution < 1.29 is 17.2 Å². The van der Waals surface area contributed by atoms with Crippen LogP contribution in [-0.4, -0.2) is 0 Å². The molecule has 3 heteroatoms. The Labute approximate surface area is 193 Å². The summed E-state index contributed by atoms with van der Waals surface area (Å²) < 4.78 is 60.1. The number of nitrogens with zero attached hydrogens (tertiary/aromatic N) is 2. The van der Waals surface area contributed by atoms with E-state index in [0.717, 1.165) is 21.9 Å². The van der Waals surface area contributed by atoms with Gasteiger partial charge in [0, 0.05) is 36.2 Å². The summed E-state index contributed by atoms with van der Waals surface area (Å²) in [7, 11) is 1.71. The van der Waals surface area contributed by atoms with Crippen LogP contribution < -0.4 is 4.57 Å². The van der Waals surface area contributed by atoms with E-state index in [1.54, 1.807) is 51.4 Å². The van der Waals surface area contributed by atoms with E-state index in [-0.39, 0.29) is 17.2 Å². The zero-order valence-corrected chi connectivity index (χ0v) is 19.1. The maximum Gasteiger partial charge on any atom is 0.216 e. The third-order valence-corrected chi connectivity index (χ3v) is 5.68. The first-order chi connectivity index (χ1) is 16.9. The van der Waals surface area contributed by atoms with Gasteiger partial charge in [-0.2, -0.15) is 4.57 Å². The van der Waals surface area contributed by atoms with Crippen molar-refractivity contribution in [2.24, 2.45) is 12.5 Å². The quantitative estimate of drug-likeness (QED) is 0.245. The van der Waals surface area contributed by atoms with Crippen LogP contribution in [0.4, 0.5) is 5.69 Å².